The van der Waals surface area contributed by atoms with Crippen molar-refractivity contribution in [1.29, 1.82) is 0 Å². The molecule has 0 bridgehead atoms. The zero-order valence-electron chi connectivity index (χ0n) is 13.0. The average molecular weight is 335 g/mol. The minimum atomic E-state index is -3.90. The fraction of sp³-hybridized carbons (Fsp3) is 0.188. The van der Waals surface area contributed by atoms with Crippen molar-refractivity contribution >= 4 is 21.7 Å². The highest BCUT2D eigenvalue weighted by molar-refractivity contribution is 7.92. The van der Waals surface area contributed by atoms with Crippen molar-refractivity contribution in [3.63, 3.8) is 0 Å². The van der Waals surface area contributed by atoms with Gasteiger partial charge in [-0.15, -0.1) is 0 Å². The van der Waals surface area contributed by atoms with Gasteiger partial charge in [0.1, 0.15) is 5.75 Å². The van der Waals surface area contributed by atoms with Crippen LogP contribution < -0.4 is 9.46 Å². The summed E-state index contributed by atoms with van der Waals surface area (Å²) in [7, 11) is -2.42. The number of carboxylic acids is 1. The molecule has 7 heteroatoms. The van der Waals surface area contributed by atoms with E-state index in [1.807, 2.05) is 0 Å². The van der Waals surface area contributed by atoms with Gasteiger partial charge in [0.05, 0.1) is 23.3 Å². The lowest BCUT2D eigenvalue weighted by Crippen LogP contribution is -2.17. The number of carbonyl (C=O) groups is 1. The molecule has 122 valence electrons. The fourth-order valence-electron chi connectivity index (χ4n) is 2.22. The van der Waals surface area contributed by atoms with Crippen molar-refractivity contribution in [2.45, 2.75) is 18.7 Å². The van der Waals surface area contributed by atoms with Crippen LogP contribution >= 0.6 is 0 Å². The number of nitrogens with one attached hydrogen (secondary N) is 1. The molecule has 2 aromatic rings. The van der Waals surface area contributed by atoms with Gasteiger partial charge in [-0.3, -0.25) is 4.72 Å². The smallest absolute Gasteiger partial charge is 0.337 e. The first-order valence-corrected chi connectivity index (χ1v) is 8.24. The Hall–Kier alpha value is -2.54. The van der Waals surface area contributed by atoms with E-state index in [2.05, 4.69) is 4.72 Å². The molecule has 0 aliphatic heterocycles. The summed E-state index contributed by atoms with van der Waals surface area (Å²) in [5.74, 6) is -0.661. The molecule has 0 aliphatic carbocycles. The van der Waals surface area contributed by atoms with E-state index >= 15 is 0 Å². The number of carboxylic acid groups (broad SMARTS) is 1. The minimum absolute atomic E-state index is 0.0228. The standard InChI is InChI=1S/C16H17NO5S/c1-10-8-11(2)15(14(9-10)16(18)19)17-23(20,21)13-6-4-12(22-3)5-7-13/h4-9,17H,1-3H3,(H,18,19). The SMILES string of the molecule is COc1ccc(S(=O)(=O)Nc2c(C)cc(C)cc2C(=O)O)cc1. The van der Waals surface area contributed by atoms with Crippen molar-refractivity contribution in [2.75, 3.05) is 11.8 Å². The molecular formula is C16H17NO5S. The number of aryl methyl sites for hydroxylation is 2. The maximum Gasteiger partial charge on any atom is 0.337 e. The van der Waals surface area contributed by atoms with Gasteiger partial charge >= 0.3 is 5.97 Å². The third-order valence-corrected chi connectivity index (χ3v) is 4.68. The highest BCUT2D eigenvalue weighted by atomic mass is 32.2. The molecule has 0 fully saturated rings. The van der Waals surface area contributed by atoms with Crippen LogP contribution in [-0.2, 0) is 10.0 Å². The van der Waals surface area contributed by atoms with E-state index in [0.29, 0.717) is 11.3 Å². The van der Waals surface area contributed by atoms with E-state index in [-0.39, 0.29) is 16.1 Å². The van der Waals surface area contributed by atoms with Crippen LogP contribution in [0.25, 0.3) is 0 Å². The van der Waals surface area contributed by atoms with Gasteiger partial charge in [0.15, 0.2) is 0 Å². The van der Waals surface area contributed by atoms with Crippen molar-refractivity contribution in [3.8, 4) is 5.75 Å². The first-order valence-electron chi connectivity index (χ1n) is 6.76. The molecule has 0 saturated heterocycles. The summed E-state index contributed by atoms with van der Waals surface area (Å²) in [6.07, 6.45) is 0. The van der Waals surface area contributed by atoms with Crippen LogP contribution in [0.1, 0.15) is 21.5 Å². The van der Waals surface area contributed by atoms with E-state index < -0.39 is 16.0 Å². The lowest BCUT2D eigenvalue weighted by atomic mass is 10.0. The molecule has 0 heterocycles. The Morgan fingerprint density at radius 2 is 1.74 bits per heavy atom. The number of hydrogen-bond donors (Lipinski definition) is 2. The number of sulfonamides is 1. The quantitative estimate of drug-likeness (QED) is 0.876. The Bertz CT molecular complexity index is 842. The van der Waals surface area contributed by atoms with Crippen LogP contribution in [0.15, 0.2) is 41.3 Å². The summed E-state index contributed by atoms with van der Waals surface area (Å²) in [4.78, 5) is 11.4. The molecule has 0 saturated carbocycles. The first-order chi connectivity index (χ1) is 10.7. The third kappa shape index (κ3) is 3.62. The maximum absolute atomic E-state index is 12.5. The zero-order chi connectivity index (χ0) is 17.2. The van der Waals surface area contributed by atoms with E-state index in [1.165, 1.54) is 37.4 Å². The Kier molecular flexibility index (Phi) is 4.60. The van der Waals surface area contributed by atoms with Crippen LogP contribution in [0.4, 0.5) is 5.69 Å². The van der Waals surface area contributed by atoms with E-state index in [1.54, 1.807) is 19.9 Å². The summed E-state index contributed by atoms with van der Waals surface area (Å²) in [5, 5.41) is 9.30. The highest BCUT2D eigenvalue weighted by Gasteiger charge is 2.20. The molecule has 0 aromatic heterocycles. The van der Waals surface area contributed by atoms with E-state index in [9.17, 15) is 18.3 Å². The maximum atomic E-state index is 12.5. The van der Waals surface area contributed by atoms with Crippen LogP contribution in [0, 0.1) is 13.8 Å². The lowest BCUT2D eigenvalue weighted by molar-refractivity contribution is 0.0698. The highest BCUT2D eigenvalue weighted by Crippen LogP contribution is 2.26. The van der Waals surface area contributed by atoms with Crippen molar-refractivity contribution in [1.82, 2.24) is 0 Å². The number of hydrogen-bond acceptors (Lipinski definition) is 4. The first kappa shape index (κ1) is 16.8. The minimum Gasteiger partial charge on any atom is -0.497 e. The number of benzene rings is 2. The van der Waals surface area contributed by atoms with Gasteiger partial charge in [-0.25, -0.2) is 13.2 Å². The molecule has 6 nitrogen and oxygen atoms in total. The summed E-state index contributed by atoms with van der Waals surface area (Å²) < 4.78 is 32.3. The molecule has 2 N–H and O–H groups in total. The lowest BCUT2D eigenvalue weighted by Gasteiger charge is -2.14. The topological polar surface area (TPSA) is 92.7 Å². The largest absolute Gasteiger partial charge is 0.497 e. The molecule has 0 atom stereocenters. The van der Waals surface area contributed by atoms with Gasteiger partial charge in [-0.1, -0.05) is 6.07 Å². The second-order valence-electron chi connectivity index (χ2n) is 5.09. The van der Waals surface area contributed by atoms with Gasteiger partial charge < -0.3 is 9.84 Å². The van der Waals surface area contributed by atoms with Crippen LogP contribution in [-0.4, -0.2) is 26.6 Å². The molecule has 0 amide bonds. The predicted octanol–water partition coefficient (Wildman–Crippen LogP) is 2.81. The van der Waals surface area contributed by atoms with Crippen LogP contribution in [0.3, 0.4) is 0 Å². The normalized spacial score (nSPS) is 11.1. The van der Waals surface area contributed by atoms with Crippen molar-refractivity contribution in [3.05, 3.63) is 53.1 Å². The fourth-order valence-corrected chi connectivity index (χ4v) is 3.37. The predicted molar refractivity (Wildman–Crippen MR) is 86.7 cm³/mol. The summed E-state index contributed by atoms with van der Waals surface area (Å²) in [6, 6.07) is 8.99. The number of rotatable bonds is 5. The van der Waals surface area contributed by atoms with Gasteiger partial charge in [-0.2, -0.15) is 0 Å². The zero-order valence-corrected chi connectivity index (χ0v) is 13.8. The third-order valence-electron chi connectivity index (χ3n) is 3.32. The van der Waals surface area contributed by atoms with Crippen molar-refractivity contribution in [2.24, 2.45) is 0 Å². The molecule has 0 radical (unpaired) electrons. The van der Waals surface area contributed by atoms with E-state index in [0.717, 1.165) is 5.56 Å². The number of ether oxygens (including phenoxy) is 1. The van der Waals surface area contributed by atoms with Gasteiger partial charge in [0.2, 0.25) is 0 Å². The van der Waals surface area contributed by atoms with E-state index in [4.69, 9.17) is 4.74 Å². The van der Waals surface area contributed by atoms with Crippen molar-refractivity contribution < 1.29 is 23.1 Å². The van der Waals surface area contributed by atoms with Gasteiger partial charge in [-0.05, 0) is 55.3 Å². The summed E-state index contributed by atoms with van der Waals surface area (Å²) in [5.41, 5.74) is 1.27. The number of methoxy groups -OCH3 is 1. The van der Waals surface area contributed by atoms with Crippen LogP contribution in [0.2, 0.25) is 0 Å². The second-order valence-corrected chi connectivity index (χ2v) is 6.77. The summed E-state index contributed by atoms with van der Waals surface area (Å²) >= 11 is 0. The number of anilines is 1. The Labute approximate surface area is 134 Å². The Balaban J connectivity index is 2.46. The van der Waals surface area contributed by atoms with Crippen LogP contribution in [0.5, 0.6) is 5.75 Å². The average Bonchev–Trinajstić information content (AvgIpc) is 2.49. The molecule has 0 spiro atoms. The molecule has 23 heavy (non-hydrogen) atoms. The molecule has 2 rings (SSSR count). The molecule has 0 aliphatic rings. The Morgan fingerprint density at radius 1 is 1.13 bits per heavy atom. The summed E-state index contributed by atoms with van der Waals surface area (Å²) in [6.45, 7) is 3.41. The molecule has 0 unspecified atom stereocenters. The Morgan fingerprint density at radius 3 is 2.26 bits per heavy atom. The molecular weight excluding hydrogens is 318 g/mol. The number of aromatic carboxylic acids is 1. The second kappa shape index (κ2) is 6.29. The van der Waals surface area contributed by atoms with Gasteiger partial charge in [0.25, 0.3) is 10.0 Å². The molecule has 2 aromatic carbocycles. The van der Waals surface area contributed by atoms with Gasteiger partial charge in [0, 0.05) is 0 Å². The monoisotopic (exact) mass is 335 g/mol.